The van der Waals surface area contributed by atoms with Crippen molar-refractivity contribution in [1.29, 1.82) is 0 Å². The first-order valence-corrected chi connectivity index (χ1v) is 7.60. The monoisotopic (exact) mass is 282 g/mol. The van der Waals surface area contributed by atoms with Crippen LogP contribution in [0.3, 0.4) is 0 Å². The molecule has 1 aliphatic heterocycles. The molecular formula is C18H22N2O. The molecule has 3 nitrogen and oxygen atoms in total. The lowest BCUT2D eigenvalue weighted by atomic mass is 10.1. The molecule has 21 heavy (non-hydrogen) atoms. The Bertz CT molecular complexity index is 562. The van der Waals surface area contributed by atoms with Crippen LogP contribution in [-0.4, -0.2) is 31.2 Å². The van der Waals surface area contributed by atoms with Crippen molar-refractivity contribution in [3.8, 4) is 0 Å². The summed E-state index contributed by atoms with van der Waals surface area (Å²) in [6.07, 6.45) is 7.34. The Balaban J connectivity index is 1.75. The highest BCUT2D eigenvalue weighted by molar-refractivity contribution is 6.09. The van der Waals surface area contributed by atoms with Crippen molar-refractivity contribution in [2.24, 2.45) is 21.8 Å². The van der Waals surface area contributed by atoms with Crippen LogP contribution in [0.1, 0.15) is 18.9 Å². The normalized spacial score (nSPS) is 33.1. The number of rotatable bonds is 4. The smallest absolute Gasteiger partial charge is 0.133 e. The zero-order valence-electron chi connectivity index (χ0n) is 12.6. The molecule has 1 fully saturated rings. The van der Waals surface area contributed by atoms with Gasteiger partial charge >= 0.3 is 0 Å². The van der Waals surface area contributed by atoms with Crippen molar-refractivity contribution in [3.05, 3.63) is 48.0 Å². The van der Waals surface area contributed by atoms with E-state index in [4.69, 9.17) is 9.73 Å². The van der Waals surface area contributed by atoms with Gasteiger partial charge in [0.25, 0.3) is 0 Å². The van der Waals surface area contributed by atoms with E-state index in [-0.39, 0.29) is 6.10 Å². The average Bonchev–Trinajstić information content (AvgIpc) is 3.27. The molecule has 1 saturated carbocycles. The summed E-state index contributed by atoms with van der Waals surface area (Å²) in [5, 5.41) is 0. The minimum Gasteiger partial charge on any atom is -0.369 e. The van der Waals surface area contributed by atoms with Gasteiger partial charge in [0.1, 0.15) is 6.10 Å². The molecule has 110 valence electrons. The third-order valence-electron chi connectivity index (χ3n) is 4.30. The minimum absolute atomic E-state index is 0.135. The van der Waals surface area contributed by atoms with Gasteiger partial charge in [0, 0.05) is 13.3 Å². The largest absolute Gasteiger partial charge is 0.369 e. The van der Waals surface area contributed by atoms with Gasteiger partial charge in [-0.3, -0.25) is 9.98 Å². The Hall–Kier alpha value is -1.74. The molecule has 0 N–H and O–H groups in total. The molecule has 1 aromatic rings. The number of hydrogen-bond acceptors (Lipinski definition) is 3. The van der Waals surface area contributed by atoms with Crippen LogP contribution in [0.25, 0.3) is 0 Å². The first-order chi connectivity index (χ1) is 10.3. The van der Waals surface area contributed by atoms with Crippen molar-refractivity contribution >= 4 is 11.9 Å². The number of ether oxygens (including phenoxy) is 1. The summed E-state index contributed by atoms with van der Waals surface area (Å²) in [5.74, 6) is 1.49. The molecule has 0 spiro atoms. The quantitative estimate of drug-likeness (QED) is 0.834. The second-order valence-corrected chi connectivity index (χ2v) is 5.91. The van der Waals surface area contributed by atoms with Crippen molar-refractivity contribution in [2.45, 2.75) is 32.0 Å². The van der Waals surface area contributed by atoms with Gasteiger partial charge in [0.15, 0.2) is 0 Å². The summed E-state index contributed by atoms with van der Waals surface area (Å²) in [4.78, 5) is 9.39. The van der Waals surface area contributed by atoms with Gasteiger partial charge in [-0.2, -0.15) is 0 Å². The van der Waals surface area contributed by atoms with E-state index in [2.05, 4.69) is 36.2 Å². The van der Waals surface area contributed by atoms with Crippen LogP contribution >= 0.6 is 0 Å². The van der Waals surface area contributed by atoms with Crippen LogP contribution in [-0.2, 0) is 11.3 Å². The molecule has 3 rings (SSSR count). The lowest BCUT2D eigenvalue weighted by Crippen LogP contribution is -2.22. The molecule has 0 aromatic heterocycles. The molecule has 4 atom stereocenters. The number of hydrogen-bond donors (Lipinski definition) is 0. The molecule has 1 aromatic carbocycles. The van der Waals surface area contributed by atoms with Gasteiger partial charge in [-0.05, 0) is 29.9 Å². The van der Waals surface area contributed by atoms with E-state index in [1.165, 1.54) is 12.0 Å². The molecule has 0 bridgehead atoms. The van der Waals surface area contributed by atoms with E-state index < -0.39 is 0 Å². The Kier molecular flexibility index (Phi) is 4.30. The number of methoxy groups -OCH3 is 1. The van der Waals surface area contributed by atoms with Gasteiger partial charge < -0.3 is 4.74 Å². The first-order valence-electron chi connectivity index (χ1n) is 7.60. The molecule has 3 heteroatoms. The standard InChI is InChI=1S/C18H22N2O/c1-13-10-15(13)16-8-9-17(18(21-2)12-20-16)19-11-14-6-4-3-5-7-14/h3-9,12-13,15-16,18H,10-11H2,1-2H3. The molecule has 1 aliphatic carbocycles. The van der Waals surface area contributed by atoms with Gasteiger partial charge in [-0.15, -0.1) is 0 Å². The van der Waals surface area contributed by atoms with Crippen molar-refractivity contribution in [3.63, 3.8) is 0 Å². The summed E-state index contributed by atoms with van der Waals surface area (Å²) in [6.45, 7) is 2.97. The zero-order valence-corrected chi connectivity index (χ0v) is 12.6. The molecule has 0 radical (unpaired) electrons. The zero-order chi connectivity index (χ0) is 14.7. The van der Waals surface area contributed by atoms with Gasteiger partial charge in [0.2, 0.25) is 0 Å². The van der Waals surface area contributed by atoms with Crippen molar-refractivity contribution in [2.75, 3.05) is 7.11 Å². The maximum absolute atomic E-state index is 5.52. The Morgan fingerprint density at radius 1 is 1.29 bits per heavy atom. The fourth-order valence-electron chi connectivity index (χ4n) is 2.77. The summed E-state index contributed by atoms with van der Waals surface area (Å²) in [5.41, 5.74) is 2.17. The van der Waals surface area contributed by atoms with Crippen LogP contribution < -0.4 is 0 Å². The Labute approximate surface area is 126 Å². The van der Waals surface area contributed by atoms with Crippen LogP contribution in [0.5, 0.6) is 0 Å². The summed E-state index contributed by atoms with van der Waals surface area (Å²) < 4.78 is 5.52. The summed E-state index contributed by atoms with van der Waals surface area (Å²) in [6, 6.07) is 10.6. The number of benzene rings is 1. The highest BCUT2D eigenvalue weighted by Crippen LogP contribution is 2.42. The Morgan fingerprint density at radius 2 is 2.05 bits per heavy atom. The van der Waals surface area contributed by atoms with Crippen molar-refractivity contribution < 1.29 is 4.74 Å². The predicted octanol–water partition coefficient (Wildman–Crippen LogP) is 3.31. The fourth-order valence-corrected chi connectivity index (χ4v) is 2.77. The molecule has 2 aliphatic rings. The van der Waals surface area contributed by atoms with Crippen LogP contribution in [0.2, 0.25) is 0 Å². The predicted molar refractivity (Wildman–Crippen MR) is 87.1 cm³/mol. The topological polar surface area (TPSA) is 34.0 Å². The third-order valence-corrected chi connectivity index (χ3v) is 4.30. The van der Waals surface area contributed by atoms with E-state index in [0.29, 0.717) is 18.5 Å². The van der Waals surface area contributed by atoms with E-state index in [1.54, 1.807) is 7.11 Å². The van der Waals surface area contributed by atoms with E-state index in [0.717, 1.165) is 11.6 Å². The second kappa shape index (κ2) is 6.35. The van der Waals surface area contributed by atoms with Crippen LogP contribution in [0.4, 0.5) is 0 Å². The maximum Gasteiger partial charge on any atom is 0.133 e. The van der Waals surface area contributed by atoms with Crippen molar-refractivity contribution in [1.82, 2.24) is 0 Å². The molecular weight excluding hydrogens is 260 g/mol. The summed E-state index contributed by atoms with van der Waals surface area (Å²) >= 11 is 0. The highest BCUT2D eigenvalue weighted by atomic mass is 16.5. The maximum atomic E-state index is 5.52. The molecule has 0 saturated heterocycles. The highest BCUT2D eigenvalue weighted by Gasteiger charge is 2.38. The lowest BCUT2D eigenvalue weighted by molar-refractivity contribution is 0.208. The fraction of sp³-hybridized carbons (Fsp3) is 0.444. The number of nitrogens with zero attached hydrogens (tertiary/aromatic N) is 2. The van der Waals surface area contributed by atoms with Crippen LogP contribution in [0, 0.1) is 11.8 Å². The van der Waals surface area contributed by atoms with Crippen LogP contribution in [0.15, 0.2) is 52.5 Å². The SMILES string of the molecule is COC1C=NC(C2CC2C)C=CC1=NCc1ccccc1. The van der Waals surface area contributed by atoms with E-state index in [9.17, 15) is 0 Å². The van der Waals surface area contributed by atoms with Gasteiger partial charge in [-0.1, -0.05) is 43.3 Å². The van der Waals surface area contributed by atoms with E-state index >= 15 is 0 Å². The second-order valence-electron chi connectivity index (χ2n) is 5.91. The molecule has 1 heterocycles. The van der Waals surface area contributed by atoms with E-state index in [1.807, 2.05) is 24.4 Å². The lowest BCUT2D eigenvalue weighted by Gasteiger charge is -2.09. The summed E-state index contributed by atoms with van der Waals surface area (Å²) in [7, 11) is 1.71. The molecule has 0 amide bonds. The molecule has 4 unspecified atom stereocenters. The minimum atomic E-state index is -0.135. The van der Waals surface area contributed by atoms with Gasteiger partial charge in [-0.25, -0.2) is 0 Å². The average molecular weight is 282 g/mol. The first kappa shape index (κ1) is 14.2. The number of aliphatic imine (C=N–C) groups is 2. The van der Waals surface area contributed by atoms with Gasteiger partial charge in [0.05, 0.1) is 18.3 Å². The Morgan fingerprint density at radius 3 is 2.71 bits per heavy atom. The third kappa shape index (κ3) is 3.48.